The van der Waals surface area contributed by atoms with Crippen molar-refractivity contribution in [2.24, 2.45) is 24.4 Å². The number of aryl methyl sites for hydroxylation is 1. The average Bonchev–Trinajstić information content (AvgIpc) is 2.70. The Bertz CT molecular complexity index is 513. The summed E-state index contributed by atoms with van der Waals surface area (Å²) in [5, 5.41) is 2.95. The number of amides is 2. The lowest BCUT2D eigenvalue weighted by Gasteiger charge is -2.31. The van der Waals surface area contributed by atoms with Gasteiger partial charge in [0.25, 0.3) is 5.91 Å². The van der Waals surface area contributed by atoms with Gasteiger partial charge in [0.1, 0.15) is 5.69 Å². The average molecular weight is 317 g/mol. The third-order valence-electron chi connectivity index (χ3n) is 3.25. The van der Waals surface area contributed by atoms with Crippen LogP contribution in [0.5, 0.6) is 0 Å². The summed E-state index contributed by atoms with van der Waals surface area (Å²) >= 11 is 0. The first-order valence-corrected chi connectivity index (χ1v) is 6.67. The van der Waals surface area contributed by atoms with Crippen molar-refractivity contribution < 1.29 is 9.59 Å². The largest absolute Gasteiger partial charge is 0.366 e. The Hall–Kier alpha value is -1.53. The van der Waals surface area contributed by atoms with E-state index in [0.29, 0.717) is 23.7 Å². The van der Waals surface area contributed by atoms with Gasteiger partial charge in [0, 0.05) is 19.8 Å². The van der Waals surface area contributed by atoms with Crippen molar-refractivity contribution in [1.82, 2.24) is 9.88 Å². The smallest absolute Gasteiger partial charge is 0.268 e. The minimum absolute atomic E-state index is 0. The van der Waals surface area contributed by atoms with Gasteiger partial charge in [0.05, 0.1) is 11.1 Å². The van der Waals surface area contributed by atoms with Crippen LogP contribution in [0, 0.1) is 5.92 Å². The van der Waals surface area contributed by atoms with Crippen LogP contribution in [0.1, 0.15) is 48.0 Å². The molecular weight excluding hydrogens is 292 g/mol. The fourth-order valence-corrected chi connectivity index (χ4v) is 2.35. The van der Waals surface area contributed by atoms with Gasteiger partial charge in [-0.3, -0.25) is 9.59 Å². The molecule has 0 saturated carbocycles. The maximum absolute atomic E-state index is 12.3. The second kappa shape index (κ2) is 7.47. The molecule has 1 atom stereocenters. The Morgan fingerprint density at radius 1 is 1.43 bits per heavy atom. The summed E-state index contributed by atoms with van der Waals surface area (Å²) in [6, 6.07) is 1.49. The standard InChI is InChI=1S/C14H24N4O2.ClH/c1-9(2)6-14(3,8-15)17-13(20)11-5-10(12(16)19)7-18(11)4;/h5,7,9H,6,8,15H2,1-4H3,(H2,16,19)(H,17,20);1H. The van der Waals surface area contributed by atoms with E-state index in [0.717, 1.165) is 6.42 Å². The van der Waals surface area contributed by atoms with Crippen molar-refractivity contribution in [3.8, 4) is 0 Å². The first-order valence-electron chi connectivity index (χ1n) is 6.67. The lowest BCUT2D eigenvalue weighted by atomic mass is 9.90. The minimum atomic E-state index is -0.552. The number of carbonyl (C=O) groups excluding carboxylic acids is 2. The van der Waals surface area contributed by atoms with E-state index in [-0.39, 0.29) is 18.3 Å². The molecule has 1 aromatic rings. The number of nitrogens with two attached hydrogens (primary N) is 2. The zero-order chi connectivity index (χ0) is 15.5. The third-order valence-corrected chi connectivity index (χ3v) is 3.25. The van der Waals surface area contributed by atoms with Crippen LogP contribution < -0.4 is 16.8 Å². The molecule has 5 N–H and O–H groups in total. The van der Waals surface area contributed by atoms with Gasteiger partial charge in [-0.1, -0.05) is 13.8 Å². The molecule has 1 unspecified atom stereocenters. The molecule has 0 radical (unpaired) electrons. The van der Waals surface area contributed by atoms with Gasteiger partial charge >= 0.3 is 0 Å². The number of aromatic nitrogens is 1. The van der Waals surface area contributed by atoms with Crippen LogP contribution in [0.4, 0.5) is 0 Å². The molecule has 0 aliphatic rings. The lowest BCUT2D eigenvalue weighted by Crippen LogP contribution is -2.52. The van der Waals surface area contributed by atoms with Gasteiger partial charge in [-0.2, -0.15) is 0 Å². The van der Waals surface area contributed by atoms with Gasteiger partial charge in [-0.05, 0) is 25.3 Å². The van der Waals surface area contributed by atoms with E-state index < -0.39 is 11.4 Å². The number of rotatable bonds is 6. The normalized spacial score (nSPS) is 13.4. The quantitative estimate of drug-likeness (QED) is 0.730. The number of nitrogens with one attached hydrogen (secondary N) is 1. The Balaban J connectivity index is 0.00000400. The van der Waals surface area contributed by atoms with E-state index >= 15 is 0 Å². The molecule has 0 fully saturated rings. The maximum atomic E-state index is 12.3. The van der Waals surface area contributed by atoms with Gasteiger partial charge in [-0.25, -0.2) is 0 Å². The van der Waals surface area contributed by atoms with E-state index in [2.05, 4.69) is 19.2 Å². The van der Waals surface area contributed by atoms with Crippen LogP contribution in [-0.2, 0) is 7.05 Å². The van der Waals surface area contributed by atoms with Crippen molar-refractivity contribution >= 4 is 24.2 Å². The molecule has 0 saturated heterocycles. The SMILES string of the molecule is CC(C)CC(C)(CN)NC(=O)c1cc(C(N)=O)cn1C.Cl. The van der Waals surface area contributed by atoms with Crippen molar-refractivity contribution in [2.45, 2.75) is 32.7 Å². The van der Waals surface area contributed by atoms with Gasteiger partial charge in [-0.15, -0.1) is 12.4 Å². The van der Waals surface area contributed by atoms with Gasteiger partial charge in [0.15, 0.2) is 0 Å². The molecule has 1 aromatic heterocycles. The zero-order valence-corrected chi connectivity index (χ0v) is 13.8. The number of primary amides is 1. The topological polar surface area (TPSA) is 103 Å². The van der Waals surface area contributed by atoms with E-state index in [4.69, 9.17) is 11.5 Å². The van der Waals surface area contributed by atoms with Crippen LogP contribution in [0.25, 0.3) is 0 Å². The van der Waals surface area contributed by atoms with Crippen molar-refractivity contribution in [1.29, 1.82) is 0 Å². The van der Waals surface area contributed by atoms with E-state index in [1.807, 2.05) is 6.92 Å². The summed E-state index contributed by atoms with van der Waals surface area (Å²) in [7, 11) is 1.70. The molecule has 0 bridgehead atoms. The molecule has 6 nitrogen and oxygen atoms in total. The second-order valence-electron chi connectivity index (χ2n) is 5.91. The summed E-state index contributed by atoms with van der Waals surface area (Å²) < 4.78 is 1.59. The number of nitrogens with zero attached hydrogens (tertiary/aromatic N) is 1. The maximum Gasteiger partial charge on any atom is 0.268 e. The molecular formula is C14H25ClN4O2. The van der Waals surface area contributed by atoms with Gasteiger partial charge < -0.3 is 21.4 Å². The number of carbonyl (C=O) groups is 2. The molecule has 21 heavy (non-hydrogen) atoms. The molecule has 2 amide bonds. The predicted molar refractivity (Wildman–Crippen MR) is 85.6 cm³/mol. The first kappa shape index (κ1) is 19.5. The fraction of sp³-hybridized carbons (Fsp3) is 0.571. The Morgan fingerprint density at radius 2 is 2.00 bits per heavy atom. The predicted octanol–water partition coefficient (Wildman–Crippen LogP) is 1.04. The highest BCUT2D eigenvalue weighted by Crippen LogP contribution is 2.16. The van der Waals surface area contributed by atoms with Crippen LogP contribution in [-0.4, -0.2) is 28.5 Å². The molecule has 120 valence electrons. The molecule has 1 rings (SSSR count). The Kier molecular flexibility index (Phi) is 6.93. The fourth-order valence-electron chi connectivity index (χ4n) is 2.35. The van der Waals surface area contributed by atoms with Crippen molar-refractivity contribution in [2.75, 3.05) is 6.54 Å². The van der Waals surface area contributed by atoms with Crippen LogP contribution in [0.2, 0.25) is 0 Å². The molecule has 0 aromatic carbocycles. The monoisotopic (exact) mass is 316 g/mol. The van der Waals surface area contributed by atoms with Crippen LogP contribution >= 0.6 is 12.4 Å². The van der Waals surface area contributed by atoms with Gasteiger partial charge in [0.2, 0.25) is 5.91 Å². The highest BCUT2D eigenvalue weighted by molar-refractivity contribution is 5.99. The molecule has 0 spiro atoms. The van der Waals surface area contributed by atoms with E-state index in [9.17, 15) is 9.59 Å². The Labute approximate surface area is 131 Å². The molecule has 7 heteroatoms. The number of hydrogen-bond acceptors (Lipinski definition) is 3. The highest BCUT2D eigenvalue weighted by Gasteiger charge is 2.27. The summed E-state index contributed by atoms with van der Waals surface area (Å²) in [4.78, 5) is 23.5. The minimum Gasteiger partial charge on any atom is -0.366 e. The number of halogens is 1. The zero-order valence-electron chi connectivity index (χ0n) is 13.0. The summed E-state index contributed by atoms with van der Waals surface area (Å²) in [6.07, 6.45) is 2.32. The molecule has 1 heterocycles. The summed E-state index contributed by atoms with van der Waals surface area (Å²) in [6.45, 7) is 6.43. The van der Waals surface area contributed by atoms with Crippen LogP contribution in [0.15, 0.2) is 12.3 Å². The van der Waals surface area contributed by atoms with E-state index in [1.54, 1.807) is 17.8 Å². The summed E-state index contributed by atoms with van der Waals surface area (Å²) in [5.74, 6) is -0.393. The highest BCUT2D eigenvalue weighted by atomic mass is 35.5. The third kappa shape index (κ3) is 5.06. The summed E-state index contributed by atoms with van der Waals surface area (Å²) in [5.41, 5.74) is 11.2. The number of hydrogen-bond donors (Lipinski definition) is 3. The van der Waals surface area contributed by atoms with E-state index in [1.165, 1.54) is 6.07 Å². The van der Waals surface area contributed by atoms with Crippen molar-refractivity contribution in [3.63, 3.8) is 0 Å². The molecule has 0 aliphatic heterocycles. The first-order chi connectivity index (χ1) is 9.18. The van der Waals surface area contributed by atoms with Crippen molar-refractivity contribution in [3.05, 3.63) is 23.5 Å². The second-order valence-corrected chi connectivity index (χ2v) is 5.91. The Morgan fingerprint density at radius 3 is 2.38 bits per heavy atom. The van der Waals surface area contributed by atoms with Crippen LogP contribution in [0.3, 0.4) is 0 Å². The lowest BCUT2D eigenvalue weighted by molar-refractivity contribution is 0.0889. The molecule has 0 aliphatic carbocycles.